The van der Waals surface area contributed by atoms with Crippen molar-refractivity contribution in [2.24, 2.45) is 5.92 Å². The summed E-state index contributed by atoms with van der Waals surface area (Å²) in [5.74, 6) is -0.0501. The highest BCUT2D eigenvalue weighted by atomic mass is 16.5. The van der Waals surface area contributed by atoms with Gasteiger partial charge in [-0.3, -0.25) is 14.7 Å². The van der Waals surface area contributed by atoms with Crippen LogP contribution in [0.2, 0.25) is 0 Å². The smallest absolute Gasteiger partial charge is 0.230 e. The molecule has 25 heavy (non-hydrogen) atoms. The lowest BCUT2D eigenvalue weighted by Gasteiger charge is -2.32. The van der Waals surface area contributed by atoms with E-state index < -0.39 is 0 Å². The van der Waals surface area contributed by atoms with Gasteiger partial charge in [-0.1, -0.05) is 29.8 Å². The summed E-state index contributed by atoms with van der Waals surface area (Å²) in [4.78, 5) is 19.1. The number of ether oxygens (including phenoxy) is 1. The predicted octanol–water partition coefficient (Wildman–Crippen LogP) is 2.62. The van der Waals surface area contributed by atoms with Crippen molar-refractivity contribution in [3.8, 4) is 0 Å². The Hall–Kier alpha value is -2.24. The predicted molar refractivity (Wildman–Crippen MR) is 96.1 cm³/mol. The summed E-state index contributed by atoms with van der Waals surface area (Å²) < 4.78 is 6.04. The van der Waals surface area contributed by atoms with Gasteiger partial charge in [0, 0.05) is 25.8 Å². The molecular formula is C20H23N3O2. The molecule has 4 rings (SSSR count). The first-order valence-electron chi connectivity index (χ1n) is 8.81. The van der Waals surface area contributed by atoms with Crippen molar-refractivity contribution in [3.05, 3.63) is 59.9 Å². The number of amides is 1. The number of carbonyl (C=O) groups is 1. The van der Waals surface area contributed by atoms with Crippen LogP contribution in [-0.4, -0.2) is 41.1 Å². The molecule has 0 aliphatic carbocycles. The molecule has 1 aromatic carbocycles. The first-order chi connectivity index (χ1) is 12.2. The summed E-state index contributed by atoms with van der Waals surface area (Å²) in [6.45, 7) is 4.70. The van der Waals surface area contributed by atoms with Crippen LogP contribution in [0.5, 0.6) is 0 Å². The van der Waals surface area contributed by atoms with Gasteiger partial charge in [0.2, 0.25) is 5.91 Å². The maximum atomic E-state index is 12.6. The molecule has 0 unspecified atom stereocenters. The summed E-state index contributed by atoms with van der Waals surface area (Å²) >= 11 is 0. The van der Waals surface area contributed by atoms with Crippen molar-refractivity contribution in [2.45, 2.75) is 32.1 Å². The van der Waals surface area contributed by atoms with Crippen LogP contribution in [0.1, 0.15) is 17.5 Å². The number of anilines is 1. The Balaban J connectivity index is 1.38. The number of morpholine rings is 1. The topological polar surface area (TPSA) is 54.5 Å². The quantitative estimate of drug-likeness (QED) is 0.932. The number of likely N-dealkylation sites (tertiary alicyclic amines) is 1. The molecule has 2 aliphatic heterocycles. The van der Waals surface area contributed by atoms with E-state index in [1.165, 1.54) is 11.1 Å². The monoisotopic (exact) mass is 337 g/mol. The summed E-state index contributed by atoms with van der Waals surface area (Å²) in [6, 6.07) is 12.3. The number of benzene rings is 1. The molecule has 0 saturated carbocycles. The van der Waals surface area contributed by atoms with Crippen molar-refractivity contribution in [1.29, 1.82) is 0 Å². The average molecular weight is 337 g/mol. The number of rotatable bonds is 4. The second-order valence-electron chi connectivity index (χ2n) is 7.05. The van der Waals surface area contributed by atoms with E-state index >= 15 is 0 Å². The standard InChI is InChI=1S/C20H23N3O2/c1-14-4-6-15(7-5-14)11-23-12-17-9-18(19(13-23)25-17)20(24)22-16-3-2-8-21-10-16/h2-8,10,17-19H,9,11-13H2,1H3,(H,22,24)/t17-,18+,19-/m0/s1. The van der Waals surface area contributed by atoms with E-state index in [2.05, 4.69) is 46.4 Å². The van der Waals surface area contributed by atoms with Crippen molar-refractivity contribution < 1.29 is 9.53 Å². The van der Waals surface area contributed by atoms with Crippen molar-refractivity contribution >= 4 is 11.6 Å². The number of aryl methyl sites for hydroxylation is 1. The largest absolute Gasteiger partial charge is 0.371 e. The maximum absolute atomic E-state index is 12.6. The van der Waals surface area contributed by atoms with E-state index in [4.69, 9.17) is 4.74 Å². The average Bonchev–Trinajstić information content (AvgIpc) is 2.92. The number of pyridine rings is 1. The van der Waals surface area contributed by atoms with E-state index in [1.807, 2.05) is 12.1 Å². The van der Waals surface area contributed by atoms with Crippen LogP contribution in [0.15, 0.2) is 48.8 Å². The van der Waals surface area contributed by atoms with E-state index in [0.717, 1.165) is 31.7 Å². The number of nitrogens with zero attached hydrogens (tertiary/aromatic N) is 2. The Morgan fingerprint density at radius 2 is 2.12 bits per heavy atom. The molecule has 130 valence electrons. The highest BCUT2D eigenvalue weighted by Crippen LogP contribution is 2.33. The lowest BCUT2D eigenvalue weighted by Crippen LogP contribution is -2.44. The van der Waals surface area contributed by atoms with Crippen LogP contribution in [0.25, 0.3) is 0 Å². The van der Waals surface area contributed by atoms with Crippen LogP contribution in [0, 0.1) is 12.8 Å². The number of aromatic nitrogens is 1. The number of hydrogen-bond acceptors (Lipinski definition) is 4. The summed E-state index contributed by atoms with van der Waals surface area (Å²) in [5.41, 5.74) is 3.33. The molecule has 5 nitrogen and oxygen atoms in total. The zero-order chi connectivity index (χ0) is 17.2. The van der Waals surface area contributed by atoms with E-state index in [1.54, 1.807) is 12.4 Å². The molecule has 0 radical (unpaired) electrons. The fraction of sp³-hybridized carbons (Fsp3) is 0.400. The van der Waals surface area contributed by atoms with E-state index in [-0.39, 0.29) is 24.0 Å². The molecule has 1 aromatic heterocycles. The van der Waals surface area contributed by atoms with E-state index in [9.17, 15) is 4.79 Å². The van der Waals surface area contributed by atoms with Crippen LogP contribution in [-0.2, 0) is 16.1 Å². The van der Waals surface area contributed by atoms with Gasteiger partial charge in [-0.15, -0.1) is 0 Å². The van der Waals surface area contributed by atoms with Crippen LogP contribution in [0.4, 0.5) is 5.69 Å². The van der Waals surface area contributed by atoms with Gasteiger partial charge in [-0.2, -0.15) is 0 Å². The van der Waals surface area contributed by atoms with Crippen LogP contribution < -0.4 is 5.32 Å². The molecule has 2 saturated heterocycles. The number of fused-ring (bicyclic) bond motifs is 2. The maximum Gasteiger partial charge on any atom is 0.230 e. The molecule has 5 heteroatoms. The van der Waals surface area contributed by atoms with Gasteiger partial charge in [0.1, 0.15) is 0 Å². The number of carbonyl (C=O) groups excluding carboxylic acids is 1. The van der Waals surface area contributed by atoms with Gasteiger partial charge in [0.25, 0.3) is 0 Å². The Kier molecular flexibility index (Phi) is 4.51. The van der Waals surface area contributed by atoms with Gasteiger partial charge in [-0.05, 0) is 31.0 Å². The molecule has 1 N–H and O–H groups in total. The lowest BCUT2D eigenvalue weighted by molar-refractivity contribution is -0.123. The Morgan fingerprint density at radius 1 is 1.28 bits per heavy atom. The fourth-order valence-corrected chi connectivity index (χ4v) is 3.77. The normalized spacial score (nSPS) is 25.7. The fourth-order valence-electron chi connectivity index (χ4n) is 3.77. The summed E-state index contributed by atoms with van der Waals surface area (Å²) in [5, 5.41) is 2.97. The zero-order valence-corrected chi connectivity index (χ0v) is 14.4. The third-order valence-electron chi connectivity index (χ3n) is 5.03. The first-order valence-corrected chi connectivity index (χ1v) is 8.81. The van der Waals surface area contributed by atoms with Crippen LogP contribution in [0.3, 0.4) is 0 Å². The van der Waals surface area contributed by atoms with Crippen molar-refractivity contribution in [2.75, 3.05) is 18.4 Å². The molecular weight excluding hydrogens is 314 g/mol. The van der Waals surface area contributed by atoms with Crippen LogP contribution >= 0.6 is 0 Å². The van der Waals surface area contributed by atoms with Crippen molar-refractivity contribution in [3.63, 3.8) is 0 Å². The van der Waals surface area contributed by atoms with Gasteiger partial charge < -0.3 is 10.1 Å². The van der Waals surface area contributed by atoms with Gasteiger partial charge >= 0.3 is 0 Å². The highest BCUT2D eigenvalue weighted by molar-refractivity contribution is 5.93. The molecule has 0 spiro atoms. The molecule has 1 amide bonds. The third kappa shape index (κ3) is 3.72. The molecule has 2 aliphatic rings. The minimum Gasteiger partial charge on any atom is -0.371 e. The highest BCUT2D eigenvalue weighted by Gasteiger charge is 2.44. The van der Waals surface area contributed by atoms with Gasteiger partial charge in [0.05, 0.1) is 30.0 Å². The Labute approximate surface area is 148 Å². The van der Waals surface area contributed by atoms with Gasteiger partial charge in [-0.25, -0.2) is 0 Å². The molecule has 3 heterocycles. The van der Waals surface area contributed by atoms with Crippen molar-refractivity contribution in [1.82, 2.24) is 9.88 Å². The molecule has 3 atom stereocenters. The molecule has 2 aromatic rings. The zero-order valence-electron chi connectivity index (χ0n) is 14.4. The Bertz CT molecular complexity index is 732. The lowest BCUT2D eigenvalue weighted by atomic mass is 9.99. The summed E-state index contributed by atoms with van der Waals surface area (Å²) in [7, 11) is 0. The van der Waals surface area contributed by atoms with Gasteiger partial charge in [0.15, 0.2) is 0 Å². The number of hydrogen-bond donors (Lipinski definition) is 1. The minimum atomic E-state index is -0.0896. The first kappa shape index (κ1) is 16.2. The molecule has 2 fully saturated rings. The summed E-state index contributed by atoms with van der Waals surface area (Å²) in [6.07, 6.45) is 4.28. The molecule has 2 bridgehead atoms. The SMILES string of the molecule is Cc1ccc(CN2C[C@@H]3C[C@@H](C(=O)Nc4cccnc4)[C@H](C2)O3)cc1. The van der Waals surface area contributed by atoms with E-state index in [0.29, 0.717) is 0 Å². The third-order valence-corrected chi connectivity index (χ3v) is 5.03. The second-order valence-corrected chi connectivity index (χ2v) is 7.05. The number of nitrogens with one attached hydrogen (secondary N) is 1. The Morgan fingerprint density at radius 3 is 2.88 bits per heavy atom. The minimum absolute atomic E-state index is 0.0270. The second kappa shape index (κ2) is 6.94.